The van der Waals surface area contributed by atoms with Gasteiger partial charge >= 0.3 is 0 Å². The van der Waals surface area contributed by atoms with Gasteiger partial charge in [0, 0.05) is 24.3 Å². The summed E-state index contributed by atoms with van der Waals surface area (Å²) in [7, 11) is -2.93. The first kappa shape index (κ1) is 14.3. The zero-order valence-electron chi connectivity index (χ0n) is 11.4. The summed E-state index contributed by atoms with van der Waals surface area (Å²) in [5.74, 6) is 1.13. The van der Waals surface area contributed by atoms with E-state index in [-0.39, 0.29) is 18.1 Å². The SMILES string of the molecule is Cc1cc(C)c(CO)c(N2CCCS(=O)(=O)CC2)n1. The molecule has 0 aliphatic carbocycles. The first-order valence-electron chi connectivity index (χ1n) is 6.46. The van der Waals surface area contributed by atoms with Crippen molar-refractivity contribution >= 4 is 15.7 Å². The van der Waals surface area contributed by atoms with Crippen LogP contribution >= 0.6 is 0 Å². The van der Waals surface area contributed by atoms with Crippen LogP contribution in [0.3, 0.4) is 0 Å². The average molecular weight is 284 g/mol. The van der Waals surface area contributed by atoms with Crippen molar-refractivity contribution in [2.75, 3.05) is 29.5 Å². The molecule has 0 amide bonds. The molecule has 0 bridgehead atoms. The van der Waals surface area contributed by atoms with E-state index in [4.69, 9.17) is 0 Å². The van der Waals surface area contributed by atoms with E-state index in [1.165, 1.54) is 0 Å². The summed E-state index contributed by atoms with van der Waals surface area (Å²) in [4.78, 5) is 6.47. The second-order valence-corrected chi connectivity index (χ2v) is 7.34. The summed E-state index contributed by atoms with van der Waals surface area (Å²) in [5.41, 5.74) is 2.68. The maximum Gasteiger partial charge on any atom is 0.152 e. The molecule has 2 heterocycles. The third-order valence-electron chi connectivity index (χ3n) is 3.47. The molecule has 6 heteroatoms. The Bertz CT molecular complexity index is 569. The van der Waals surface area contributed by atoms with E-state index >= 15 is 0 Å². The highest BCUT2D eigenvalue weighted by Crippen LogP contribution is 2.24. The third-order valence-corrected chi connectivity index (χ3v) is 5.18. The number of sulfone groups is 1. The maximum atomic E-state index is 11.6. The van der Waals surface area contributed by atoms with E-state index in [1.807, 2.05) is 24.8 Å². The maximum absolute atomic E-state index is 11.6. The molecule has 1 saturated heterocycles. The molecule has 0 radical (unpaired) electrons. The molecule has 1 aromatic rings. The molecule has 19 heavy (non-hydrogen) atoms. The van der Waals surface area contributed by atoms with Gasteiger partial charge in [-0.2, -0.15) is 0 Å². The lowest BCUT2D eigenvalue weighted by Crippen LogP contribution is -2.29. The fourth-order valence-corrected chi connectivity index (χ4v) is 3.72. The molecule has 1 aromatic heterocycles. The van der Waals surface area contributed by atoms with Crippen molar-refractivity contribution in [3.8, 4) is 0 Å². The summed E-state index contributed by atoms with van der Waals surface area (Å²) in [6.07, 6.45) is 0.613. The quantitative estimate of drug-likeness (QED) is 0.870. The second kappa shape index (κ2) is 5.46. The van der Waals surface area contributed by atoms with Crippen LogP contribution in [0.15, 0.2) is 6.07 Å². The summed E-state index contributed by atoms with van der Waals surface area (Å²) in [6, 6.07) is 1.93. The number of nitrogens with zero attached hydrogens (tertiary/aromatic N) is 2. The van der Waals surface area contributed by atoms with Crippen molar-refractivity contribution in [3.63, 3.8) is 0 Å². The van der Waals surface area contributed by atoms with E-state index in [1.54, 1.807) is 0 Å². The van der Waals surface area contributed by atoms with E-state index < -0.39 is 9.84 Å². The molecule has 0 aromatic carbocycles. The van der Waals surface area contributed by atoms with Gasteiger partial charge in [-0.1, -0.05) is 0 Å². The molecule has 1 fully saturated rings. The number of hydrogen-bond donors (Lipinski definition) is 1. The number of anilines is 1. The minimum Gasteiger partial charge on any atom is -0.392 e. The molecule has 5 nitrogen and oxygen atoms in total. The summed E-state index contributed by atoms with van der Waals surface area (Å²) >= 11 is 0. The van der Waals surface area contributed by atoms with Gasteiger partial charge in [-0.25, -0.2) is 13.4 Å². The molecule has 0 saturated carbocycles. The Morgan fingerprint density at radius 2 is 2.05 bits per heavy atom. The van der Waals surface area contributed by atoms with E-state index in [2.05, 4.69) is 4.98 Å². The Morgan fingerprint density at radius 3 is 2.74 bits per heavy atom. The van der Waals surface area contributed by atoms with Crippen LogP contribution in [0.2, 0.25) is 0 Å². The van der Waals surface area contributed by atoms with E-state index in [0.29, 0.717) is 19.5 Å². The minimum atomic E-state index is -2.93. The molecule has 106 valence electrons. The van der Waals surface area contributed by atoms with Crippen LogP contribution in [0.25, 0.3) is 0 Å². The Kier molecular flexibility index (Phi) is 4.10. The lowest BCUT2D eigenvalue weighted by molar-refractivity contribution is 0.280. The average Bonchev–Trinajstić information content (AvgIpc) is 2.49. The molecule has 0 atom stereocenters. The van der Waals surface area contributed by atoms with Crippen LogP contribution < -0.4 is 4.90 Å². The van der Waals surface area contributed by atoms with Crippen LogP contribution in [0, 0.1) is 13.8 Å². The van der Waals surface area contributed by atoms with Crippen molar-refractivity contribution in [1.82, 2.24) is 4.98 Å². The highest BCUT2D eigenvalue weighted by molar-refractivity contribution is 7.91. The smallest absolute Gasteiger partial charge is 0.152 e. The van der Waals surface area contributed by atoms with Gasteiger partial charge in [0.05, 0.1) is 18.1 Å². The van der Waals surface area contributed by atoms with Gasteiger partial charge < -0.3 is 10.0 Å². The number of rotatable bonds is 2. The van der Waals surface area contributed by atoms with Crippen molar-refractivity contribution in [1.29, 1.82) is 0 Å². The zero-order chi connectivity index (χ0) is 14.0. The summed E-state index contributed by atoms with van der Waals surface area (Å²) in [5, 5.41) is 9.51. The Labute approximate surface area is 114 Å². The van der Waals surface area contributed by atoms with Crippen molar-refractivity contribution in [2.24, 2.45) is 0 Å². The van der Waals surface area contributed by atoms with Gasteiger partial charge in [0.2, 0.25) is 0 Å². The van der Waals surface area contributed by atoms with Crippen LogP contribution in [-0.4, -0.2) is 43.1 Å². The van der Waals surface area contributed by atoms with Crippen LogP contribution in [-0.2, 0) is 16.4 Å². The van der Waals surface area contributed by atoms with Crippen LogP contribution in [0.5, 0.6) is 0 Å². The van der Waals surface area contributed by atoms with Crippen molar-refractivity contribution < 1.29 is 13.5 Å². The normalized spacial score (nSPS) is 19.2. The lowest BCUT2D eigenvalue weighted by atomic mass is 10.1. The van der Waals surface area contributed by atoms with Crippen LogP contribution in [0.4, 0.5) is 5.82 Å². The lowest BCUT2D eigenvalue weighted by Gasteiger charge is -2.24. The monoisotopic (exact) mass is 284 g/mol. The number of aromatic nitrogens is 1. The molecule has 0 unspecified atom stereocenters. The number of aryl methyl sites for hydroxylation is 2. The largest absolute Gasteiger partial charge is 0.392 e. The van der Waals surface area contributed by atoms with Gasteiger partial charge in [0.1, 0.15) is 5.82 Å². The molecule has 2 rings (SSSR count). The molecule has 0 spiro atoms. The van der Waals surface area contributed by atoms with Crippen LogP contribution in [0.1, 0.15) is 23.2 Å². The first-order valence-corrected chi connectivity index (χ1v) is 8.28. The Hall–Kier alpha value is -1.14. The number of pyridine rings is 1. The molecular weight excluding hydrogens is 264 g/mol. The van der Waals surface area contributed by atoms with E-state index in [9.17, 15) is 13.5 Å². The predicted molar refractivity (Wildman–Crippen MR) is 75.1 cm³/mol. The summed E-state index contributed by atoms with van der Waals surface area (Å²) < 4.78 is 23.3. The molecule has 1 N–H and O–H groups in total. The highest BCUT2D eigenvalue weighted by atomic mass is 32.2. The van der Waals surface area contributed by atoms with Gasteiger partial charge in [0.15, 0.2) is 9.84 Å². The second-order valence-electron chi connectivity index (χ2n) is 5.03. The number of aliphatic hydroxyl groups excluding tert-OH is 1. The standard InChI is InChI=1S/C13H20N2O3S/c1-10-8-11(2)14-13(12(10)9-16)15-4-3-6-19(17,18)7-5-15/h8,16H,3-7,9H2,1-2H3. The number of hydrogen-bond acceptors (Lipinski definition) is 5. The molecule has 1 aliphatic rings. The zero-order valence-corrected chi connectivity index (χ0v) is 12.2. The third kappa shape index (κ3) is 3.25. The molecule has 1 aliphatic heterocycles. The van der Waals surface area contributed by atoms with Crippen molar-refractivity contribution in [2.45, 2.75) is 26.9 Å². The van der Waals surface area contributed by atoms with Gasteiger partial charge in [-0.3, -0.25) is 0 Å². The highest BCUT2D eigenvalue weighted by Gasteiger charge is 2.22. The summed E-state index contributed by atoms with van der Waals surface area (Å²) in [6.45, 7) is 4.90. The predicted octanol–water partition coefficient (Wildman–Crippen LogP) is 0.816. The number of aliphatic hydroxyl groups is 1. The topological polar surface area (TPSA) is 70.5 Å². The fraction of sp³-hybridized carbons (Fsp3) is 0.615. The molecular formula is C13H20N2O3S. The van der Waals surface area contributed by atoms with Crippen molar-refractivity contribution in [3.05, 3.63) is 22.9 Å². The minimum absolute atomic E-state index is 0.0717. The first-order chi connectivity index (χ1) is 8.93. The van der Waals surface area contributed by atoms with E-state index in [0.717, 1.165) is 22.6 Å². The Balaban J connectivity index is 2.36. The Morgan fingerprint density at radius 1 is 1.32 bits per heavy atom. The fourth-order valence-electron chi connectivity index (χ4n) is 2.45. The van der Waals surface area contributed by atoms with Gasteiger partial charge in [0.25, 0.3) is 0 Å². The van der Waals surface area contributed by atoms with Gasteiger partial charge in [-0.05, 0) is 31.9 Å². The van der Waals surface area contributed by atoms with Gasteiger partial charge in [-0.15, -0.1) is 0 Å².